The van der Waals surface area contributed by atoms with Gasteiger partial charge in [-0.2, -0.15) is 15.0 Å². The van der Waals surface area contributed by atoms with Gasteiger partial charge in [-0.25, -0.2) is 4.98 Å². The fourth-order valence-electron chi connectivity index (χ4n) is 3.71. The Kier molecular flexibility index (Phi) is 8.27. The second-order valence-electron chi connectivity index (χ2n) is 9.09. The molecule has 15 heteroatoms. The zero-order chi connectivity index (χ0) is 28.2. The Hall–Kier alpha value is -4.29. The third-order valence-electron chi connectivity index (χ3n) is 5.66. The Labute approximate surface area is 229 Å². The van der Waals surface area contributed by atoms with E-state index in [1.165, 1.54) is 31.1 Å². The van der Waals surface area contributed by atoms with Crippen LogP contribution in [0, 0.1) is 5.92 Å². The van der Waals surface area contributed by atoms with Crippen LogP contribution in [0.2, 0.25) is 0 Å². The highest BCUT2D eigenvalue weighted by atomic mass is 16.5. The van der Waals surface area contributed by atoms with E-state index in [0.717, 1.165) is 12.8 Å². The molecule has 0 aliphatic heterocycles. The molecule has 1 saturated carbocycles. The third-order valence-corrected chi connectivity index (χ3v) is 5.66. The van der Waals surface area contributed by atoms with Crippen molar-refractivity contribution in [2.45, 2.75) is 31.5 Å². The van der Waals surface area contributed by atoms with E-state index in [1.807, 2.05) is 0 Å². The molecule has 12 nitrogen and oxygen atoms in total. The molecule has 2 aromatic heterocycles. The zero-order valence-electron chi connectivity index (χ0n) is 21.5. The molecule has 6 radical (unpaired) electrons. The summed E-state index contributed by atoms with van der Waals surface area (Å²) in [6.07, 6.45) is 4.51. The second-order valence-corrected chi connectivity index (χ2v) is 9.09. The fraction of sp³-hybridized carbons (Fsp3) is 0.333. The molecule has 0 bridgehead atoms. The molecule has 1 aliphatic rings. The lowest BCUT2D eigenvalue weighted by Gasteiger charge is -2.23. The number of benzene rings is 1. The van der Waals surface area contributed by atoms with Crippen LogP contribution in [-0.2, 0) is 16.1 Å². The van der Waals surface area contributed by atoms with Crippen molar-refractivity contribution in [3.05, 3.63) is 42.2 Å². The quantitative estimate of drug-likeness (QED) is 0.265. The van der Waals surface area contributed by atoms with Crippen molar-refractivity contribution in [1.82, 2.24) is 30.6 Å². The van der Waals surface area contributed by atoms with Gasteiger partial charge in [0.15, 0.2) is 5.75 Å². The summed E-state index contributed by atoms with van der Waals surface area (Å²) < 4.78 is 5.70. The molecule has 0 saturated heterocycles. The van der Waals surface area contributed by atoms with Crippen LogP contribution in [-0.4, -0.2) is 80.1 Å². The van der Waals surface area contributed by atoms with E-state index < -0.39 is 11.1 Å². The van der Waals surface area contributed by atoms with Crippen molar-refractivity contribution < 1.29 is 19.1 Å². The highest BCUT2D eigenvalue weighted by molar-refractivity contribution is 6.60. The number of carbonyl (C=O) groups is 3. The van der Waals surface area contributed by atoms with Crippen molar-refractivity contribution in [2.24, 2.45) is 5.92 Å². The molecule has 194 valence electrons. The number of pyridine rings is 1. The highest BCUT2D eigenvalue weighted by Gasteiger charge is 2.30. The molecular formula is C24H25B3N8O4. The molecule has 3 aromatic rings. The van der Waals surface area contributed by atoms with Crippen LogP contribution in [0.3, 0.4) is 0 Å². The van der Waals surface area contributed by atoms with Crippen LogP contribution in [0.15, 0.2) is 36.7 Å². The minimum absolute atomic E-state index is 0.0399. The average molecular weight is 522 g/mol. The molecule has 39 heavy (non-hydrogen) atoms. The lowest BCUT2D eigenvalue weighted by atomic mass is 9.49. The van der Waals surface area contributed by atoms with Gasteiger partial charge in [0, 0.05) is 37.2 Å². The molecule has 2 heterocycles. The van der Waals surface area contributed by atoms with Gasteiger partial charge in [-0.3, -0.25) is 14.4 Å². The van der Waals surface area contributed by atoms with Gasteiger partial charge in [0.05, 0.1) is 60.3 Å². The Balaban J connectivity index is 1.65. The van der Waals surface area contributed by atoms with Gasteiger partial charge < -0.3 is 26.0 Å². The number of methoxy groups -OCH3 is 1. The Morgan fingerprint density at radius 2 is 1.92 bits per heavy atom. The van der Waals surface area contributed by atoms with Crippen LogP contribution >= 0.6 is 0 Å². The van der Waals surface area contributed by atoms with E-state index >= 15 is 0 Å². The van der Waals surface area contributed by atoms with Gasteiger partial charge >= 0.3 is 0 Å². The molecule has 1 fully saturated rings. The maximum Gasteiger partial charge on any atom is 0.253 e. The summed E-state index contributed by atoms with van der Waals surface area (Å²) in [6.45, 7) is 2.20. The number of nitrogens with zero attached hydrogens (tertiary/aromatic N) is 4. The smallest absolute Gasteiger partial charge is 0.253 e. The first-order valence-corrected chi connectivity index (χ1v) is 12.1. The van der Waals surface area contributed by atoms with E-state index in [9.17, 15) is 14.4 Å². The Morgan fingerprint density at radius 3 is 2.59 bits per heavy atom. The normalized spacial score (nSPS) is 12.9. The summed E-state index contributed by atoms with van der Waals surface area (Å²) in [7, 11) is 18.2. The maximum absolute atomic E-state index is 12.9. The van der Waals surface area contributed by atoms with Crippen molar-refractivity contribution in [3.8, 4) is 17.0 Å². The molecular weight excluding hydrogens is 497 g/mol. The van der Waals surface area contributed by atoms with Crippen LogP contribution in [0.5, 0.6) is 5.75 Å². The predicted octanol–water partition coefficient (Wildman–Crippen LogP) is 0.423. The van der Waals surface area contributed by atoms with Crippen LogP contribution in [0.25, 0.3) is 11.3 Å². The van der Waals surface area contributed by atoms with E-state index in [1.54, 1.807) is 24.4 Å². The summed E-state index contributed by atoms with van der Waals surface area (Å²) in [5, 5.41) is 17.7. The summed E-state index contributed by atoms with van der Waals surface area (Å²) in [6, 6.07) is 6.84. The number of para-hydroxylation sites is 1. The van der Waals surface area contributed by atoms with Gasteiger partial charge in [0.25, 0.3) is 5.91 Å². The first-order valence-electron chi connectivity index (χ1n) is 12.1. The minimum atomic E-state index is -1.96. The number of anilines is 3. The molecule has 1 aliphatic carbocycles. The van der Waals surface area contributed by atoms with Crippen LogP contribution in [0.4, 0.5) is 17.2 Å². The number of nitrogens with one attached hydrogen (secondary N) is 4. The highest BCUT2D eigenvalue weighted by Crippen LogP contribution is 2.38. The van der Waals surface area contributed by atoms with Crippen molar-refractivity contribution in [1.29, 1.82) is 0 Å². The maximum atomic E-state index is 12.9. The molecule has 0 atom stereocenters. The largest absolute Gasteiger partial charge is 0.494 e. The van der Waals surface area contributed by atoms with E-state index in [-0.39, 0.29) is 34.8 Å². The number of carbonyl (C=O) groups excluding carboxylic acids is 3. The SMILES string of the molecule is [B]C([B])([B])NC(=O)c1cnc(NC(=O)C2CC2)cc1Nc1cccc(-c2cnn(CCNC(C)=O)n2)c1OC. The zero-order valence-corrected chi connectivity index (χ0v) is 21.5. The summed E-state index contributed by atoms with van der Waals surface area (Å²) in [5.41, 5.74) is 2.00. The van der Waals surface area contributed by atoms with E-state index in [4.69, 9.17) is 28.3 Å². The topological polar surface area (TPSA) is 152 Å². The molecule has 4 rings (SSSR count). The van der Waals surface area contributed by atoms with Crippen molar-refractivity contribution in [3.63, 3.8) is 0 Å². The number of amides is 3. The standard InChI is InChI=1S/C24H25B3N8O4/c1-13(36)28-8-9-35-30-12-19(34-35)15-4-3-5-17(21(15)39-2)31-18-10-20(32-22(37)14-6-7-14)29-11-16(18)23(38)33-24(25,26)27/h3-5,10-12,14H,6-9H2,1-2H3,(H,28,36)(H,33,38)(H2,29,31,32,37). The fourth-order valence-corrected chi connectivity index (χ4v) is 3.71. The molecule has 4 N–H and O–H groups in total. The Morgan fingerprint density at radius 1 is 1.15 bits per heavy atom. The molecule has 3 amide bonds. The van der Waals surface area contributed by atoms with Gasteiger partial charge in [0.2, 0.25) is 11.8 Å². The van der Waals surface area contributed by atoms with Gasteiger partial charge in [-0.1, -0.05) is 11.3 Å². The minimum Gasteiger partial charge on any atom is -0.494 e. The number of ether oxygens (including phenoxy) is 1. The first kappa shape index (κ1) is 27.7. The summed E-state index contributed by atoms with van der Waals surface area (Å²) in [5.74, 6) is -0.336. The van der Waals surface area contributed by atoms with Crippen LogP contribution in [0.1, 0.15) is 30.1 Å². The summed E-state index contributed by atoms with van der Waals surface area (Å²) in [4.78, 5) is 42.0. The predicted molar refractivity (Wildman–Crippen MR) is 147 cm³/mol. The lowest BCUT2D eigenvalue weighted by molar-refractivity contribution is -0.119. The average Bonchev–Trinajstić information content (AvgIpc) is 3.61. The Bertz CT molecular complexity index is 1390. The van der Waals surface area contributed by atoms with E-state index in [0.29, 0.717) is 35.8 Å². The number of rotatable bonds is 11. The first-order chi connectivity index (χ1) is 18.5. The lowest BCUT2D eigenvalue weighted by Crippen LogP contribution is -2.50. The number of hydrogen-bond donors (Lipinski definition) is 4. The molecule has 0 unspecified atom stereocenters. The van der Waals surface area contributed by atoms with Gasteiger partial charge in [0.1, 0.15) is 11.5 Å². The monoisotopic (exact) mass is 522 g/mol. The van der Waals surface area contributed by atoms with Crippen molar-refractivity contribution >= 4 is 58.5 Å². The number of hydrogen-bond acceptors (Lipinski definition) is 8. The summed E-state index contributed by atoms with van der Waals surface area (Å²) >= 11 is 0. The number of aromatic nitrogens is 4. The molecule has 0 spiro atoms. The molecule has 1 aromatic carbocycles. The van der Waals surface area contributed by atoms with Crippen molar-refractivity contribution in [2.75, 3.05) is 24.3 Å². The van der Waals surface area contributed by atoms with Crippen LogP contribution < -0.4 is 26.0 Å². The second kappa shape index (κ2) is 11.6. The third kappa shape index (κ3) is 7.40. The van der Waals surface area contributed by atoms with E-state index in [2.05, 4.69) is 36.4 Å². The van der Waals surface area contributed by atoms with Gasteiger partial charge in [-0.05, 0) is 25.0 Å². The van der Waals surface area contributed by atoms with Gasteiger partial charge in [-0.15, -0.1) is 0 Å².